The summed E-state index contributed by atoms with van der Waals surface area (Å²) in [5.41, 5.74) is 0.190. The number of aromatic hydroxyl groups is 1. The standard InChI is InChI=1S/C15H16F3N3O2/c1-10-8-13(15(16,17)18)20-21(10)9-14(23)19-7-6-11-2-4-12(22)5-3-11/h2-5,8,22H,6-7,9H2,1H3,(H,19,23). The first-order valence-corrected chi connectivity index (χ1v) is 6.92. The number of hydrogen-bond donors (Lipinski definition) is 2. The summed E-state index contributed by atoms with van der Waals surface area (Å²) in [5, 5.41) is 15.2. The fraction of sp³-hybridized carbons (Fsp3) is 0.333. The molecular weight excluding hydrogens is 311 g/mol. The number of halogens is 3. The third-order valence-corrected chi connectivity index (χ3v) is 3.24. The van der Waals surface area contributed by atoms with Gasteiger partial charge in [-0.2, -0.15) is 18.3 Å². The van der Waals surface area contributed by atoms with Gasteiger partial charge in [0.15, 0.2) is 5.69 Å². The maximum Gasteiger partial charge on any atom is 0.435 e. The van der Waals surface area contributed by atoms with E-state index in [4.69, 9.17) is 5.11 Å². The summed E-state index contributed by atoms with van der Waals surface area (Å²) in [7, 11) is 0. The van der Waals surface area contributed by atoms with Gasteiger partial charge >= 0.3 is 6.18 Å². The molecule has 2 rings (SSSR count). The first kappa shape index (κ1) is 16.9. The van der Waals surface area contributed by atoms with E-state index in [0.717, 1.165) is 16.3 Å². The molecule has 0 aliphatic heterocycles. The quantitative estimate of drug-likeness (QED) is 0.885. The Balaban J connectivity index is 1.85. The zero-order valence-corrected chi connectivity index (χ0v) is 12.4. The number of benzene rings is 1. The molecule has 2 N–H and O–H groups in total. The van der Waals surface area contributed by atoms with Crippen LogP contribution in [0.5, 0.6) is 5.75 Å². The second-order valence-corrected chi connectivity index (χ2v) is 5.09. The van der Waals surface area contributed by atoms with Crippen LogP contribution < -0.4 is 5.32 Å². The molecule has 8 heteroatoms. The average molecular weight is 327 g/mol. The van der Waals surface area contributed by atoms with Gasteiger partial charge in [-0.25, -0.2) is 0 Å². The van der Waals surface area contributed by atoms with Crippen molar-refractivity contribution in [2.24, 2.45) is 0 Å². The zero-order chi connectivity index (χ0) is 17.0. The van der Waals surface area contributed by atoms with Crippen LogP contribution in [-0.4, -0.2) is 27.3 Å². The Morgan fingerprint density at radius 2 is 1.96 bits per heavy atom. The monoisotopic (exact) mass is 327 g/mol. The predicted octanol–water partition coefficient (Wildman–Crippen LogP) is 2.27. The minimum Gasteiger partial charge on any atom is -0.508 e. The maximum absolute atomic E-state index is 12.5. The Morgan fingerprint density at radius 1 is 1.30 bits per heavy atom. The summed E-state index contributed by atoms with van der Waals surface area (Å²) < 4.78 is 38.7. The van der Waals surface area contributed by atoms with Gasteiger partial charge in [-0.3, -0.25) is 9.48 Å². The highest BCUT2D eigenvalue weighted by molar-refractivity contribution is 5.75. The molecule has 0 bridgehead atoms. The summed E-state index contributed by atoms with van der Waals surface area (Å²) in [6.07, 6.45) is -3.97. The number of phenols is 1. The fourth-order valence-electron chi connectivity index (χ4n) is 2.01. The van der Waals surface area contributed by atoms with Crippen molar-refractivity contribution in [1.82, 2.24) is 15.1 Å². The molecular formula is C15H16F3N3O2. The van der Waals surface area contributed by atoms with Crippen LogP contribution in [0.3, 0.4) is 0 Å². The molecule has 0 saturated carbocycles. The number of nitrogens with one attached hydrogen (secondary N) is 1. The van der Waals surface area contributed by atoms with Crippen molar-refractivity contribution >= 4 is 5.91 Å². The highest BCUT2D eigenvalue weighted by atomic mass is 19.4. The third-order valence-electron chi connectivity index (χ3n) is 3.24. The molecule has 0 aliphatic carbocycles. The molecule has 0 aliphatic rings. The molecule has 1 aromatic heterocycles. The molecule has 0 saturated heterocycles. The number of carbonyl (C=O) groups excluding carboxylic acids is 1. The minimum atomic E-state index is -4.52. The van der Waals surface area contributed by atoms with Gasteiger partial charge in [0.05, 0.1) is 0 Å². The maximum atomic E-state index is 12.5. The fourth-order valence-corrected chi connectivity index (χ4v) is 2.01. The van der Waals surface area contributed by atoms with Crippen molar-refractivity contribution in [3.05, 3.63) is 47.3 Å². The molecule has 1 aromatic carbocycles. The van der Waals surface area contributed by atoms with E-state index in [0.29, 0.717) is 13.0 Å². The van der Waals surface area contributed by atoms with Crippen molar-refractivity contribution in [2.45, 2.75) is 26.1 Å². The average Bonchev–Trinajstić information content (AvgIpc) is 2.82. The third kappa shape index (κ3) is 4.73. The van der Waals surface area contributed by atoms with Gasteiger partial charge in [-0.15, -0.1) is 0 Å². The van der Waals surface area contributed by atoms with Crippen molar-refractivity contribution in [2.75, 3.05) is 6.54 Å². The minimum absolute atomic E-state index is 0.160. The van der Waals surface area contributed by atoms with Gasteiger partial charge in [0, 0.05) is 12.2 Å². The van der Waals surface area contributed by atoms with Crippen LogP contribution in [0.15, 0.2) is 30.3 Å². The van der Waals surface area contributed by atoms with Crippen LogP contribution in [0, 0.1) is 6.92 Å². The summed E-state index contributed by atoms with van der Waals surface area (Å²) in [4.78, 5) is 11.8. The van der Waals surface area contributed by atoms with E-state index in [1.807, 2.05) is 0 Å². The van der Waals surface area contributed by atoms with Gasteiger partial charge in [0.2, 0.25) is 5.91 Å². The first-order valence-electron chi connectivity index (χ1n) is 6.92. The second-order valence-electron chi connectivity index (χ2n) is 5.09. The molecule has 23 heavy (non-hydrogen) atoms. The van der Waals surface area contributed by atoms with E-state index in [1.54, 1.807) is 24.3 Å². The number of carbonyl (C=O) groups is 1. The van der Waals surface area contributed by atoms with E-state index in [2.05, 4.69) is 10.4 Å². The van der Waals surface area contributed by atoms with Crippen LogP contribution >= 0.6 is 0 Å². The molecule has 0 fully saturated rings. The number of phenolic OH excluding ortho intramolecular Hbond substituents is 1. The number of alkyl halides is 3. The van der Waals surface area contributed by atoms with Crippen LogP contribution in [0.1, 0.15) is 17.0 Å². The van der Waals surface area contributed by atoms with E-state index < -0.39 is 17.8 Å². The Morgan fingerprint density at radius 3 is 2.52 bits per heavy atom. The number of aryl methyl sites for hydroxylation is 1. The lowest BCUT2D eigenvalue weighted by Gasteiger charge is -2.07. The van der Waals surface area contributed by atoms with E-state index >= 15 is 0 Å². The number of hydrogen-bond acceptors (Lipinski definition) is 3. The lowest BCUT2D eigenvalue weighted by Crippen LogP contribution is -2.30. The van der Waals surface area contributed by atoms with Crippen LogP contribution in [0.25, 0.3) is 0 Å². The molecule has 0 unspecified atom stereocenters. The molecule has 124 valence electrons. The predicted molar refractivity (Wildman–Crippen MR) is 76.8 cm³/mol. The molecule has 0 atom stereocenters. The lowest BCUT2D eigenvalue weighted by molar-refractivity contribution is -0.141. The Hall–Kier alpha value is -2.51. The van der Waals surface area contributed by atoms with Gasteiger partial charge in [0.25, 0.3) is 0 Å². The van der Waals surface area contributed by atoms with Gasteiger partial charge in [-0.05, 0) is 37.1 Å². The molecule has 0 radical (unpaired) electrons. The zero-order valence-electron chi connectivity index (χ0n) is 12.4. The molecule has 0 spiro atoms. The second kappa shape index (κ2) is 6.72. The number of nitrogens with zero attached hydrogens (tertiary/aromatic N) is 2. The summed E-state index contributed by atoms with van der Waals surface area (Å²) >= 11 is 0. The lowest BCUT2D eigenvalue weighted by atomic mass is 10.1. The van der Waals surface area contributed by atoms with Crippen LogP contribution in [0.4, 0.5) is 13.2 Å². The van der Waals surface area contributed by atoms with E-state index in [9.17, 15) is 18.0 Å². The molecule has 5 nitrogen and oxygen atoms in total. The summed E-state index contributed by atoms with van der Waals surface area (Å²) in [5.74, 6) is -0.254. The topological polar surface area (TPSA) is 67.2 Å². The number of aromatic nitrogens is 2. The number of rotatable bonds is 5. The van der Waals surface area contributed by atoms with Gasteiger partial charge in [-0.1, -0.05) is 12.1 Å². The normalized spacial score (nSPS) is 11.5. The van der Waals surface area contributed by atoms with Crippen molar-refractivity contribution in [1.29, 1.82) is 0 Å². The van der Waals surface area contributed by atoms with Crippen molar-refractivity contribution in [3.8, 4) is 5.75 Å². The van der Waals surface area contributed by atoms with Crippen LogP contribution in [0.2, 0.25) is 0 Å². The van der Waals surface area contributed by atoms with Gasteiger partial charge < -0.3 is 10.4 Å². The Kier molecular flexibility index (Phi) is 4.92. The highest BCUT2D eigenvalue weighted by Crippen LogP contribution is 2.28. The molecule has 1 heterocycles. The largest absolute Gasteiger partial charge is 0.508 e. The number of amides is 1. The van der Waals surface area contributed by atoms with Crippen molar-refractivity contribution in [3.63, 3.8) is 0 Å². The van der Waals surface area contributed by atoms with Gasteiger partial charge in [0.1, 0.15) is 12.3 Å². The van der Waals surface area contributed by atoms with Crippen LogP contribution in [-0.2, 0) is 23.9 Å². The first-order chi connectivity index (χ1) is 10.8. The Bertz CT molecular complexity index is 678. The summed E-state index contributed by atoms with van der Waals surface area (Å²) in [6.45, 7) is 1.54. The molecule has 2 aromatic rings. The highest BCUT2D eigenvalue weighted by Gasteiger charge is 2.34. The summed E-state index contributed by atoms with van der Waals surface area (Å²) in [6, 6.07) is 7.46. The Labute approximate surface area is 130 Å². The SMILES string of the molecule is Cc1cc(C(F)(F)F)nn1CC(=O)NCCc1ccc(O)cc1. The smallest absolute Gasteiger partial charge is 0.435 e. The van der Waals surface area contributed by atoms with E-state index in [1.165, 1.54) is 6.92 Å². The molecule has 1 amide bonds. The van der Waals surface area contributed by atoms with Crippen molar-refractivity contribution < 1.29 is 23.1 Å². The van der Waals surface area contributed by atoms with E-state index in [-0.39, 0.29) is 18.0 Å².